The number of ether oxygens (including phenoxy) is 2. The van der Waals surface area contributed by atoms with Crippen LogP contribution in [0.2, 0.25) is 0 Å². The van der Waals surface area contributed by atoms with E-state index in [1.807, 2.05) is 48.5 Å². The Morgan fingerprint density at radius 1 is 1.04 bits per heavy atom. The first-order valence-corrected chi connectivity index (χ1v) is 8.05. The second-order valence-electron chi connectivity index (χ2n) is 5.61. The zero-order valence-electron chi connectivity index (χ0n) is 14.3. The lowest BCUT2D eigenvalue weighted by molar-refractivity contribution is 0.0954. The Kier molecular flexibility index (Phi) is 5.14. The van der Waals surface area contributed by atoms with Crippen molar-refractivity contribution in [2.45, 2.75) is 6.42 Å². The Balaban J connectivity index is 1.62. The molecule has 0 saturated carbocycles. The molecule has 128 valence electrons. The largest absolute Gasteiger partial charge is 0.493 e. The molecule has 0 aliphatic rings. The van der Waals surface area contributed by atoms with E-state index in [-0.39, 0.29) is 5.91 Å². The van der Waals surface area contributed by atoms with E-state index in [1.54, 1.807) is 20.4 Å². The van der Waals surface area contributed by atoms with E-state index in [4.69, 9.17) is 9.47 Å². The second kappa shape index (κ2) is 7.66. The van der Waals surface area contributed by atoms with Crippen LogP contribution >= 0.6 is 0 Å². The van der Waals surface area contributed by atoms with Crippen LogP contribution in [0.15, 0.2) is 54.7 Å². The van der Waals surface area contributed by atoms with Gasteiger partial charge < -0.3 is 14.8 Å². The van der Waals surface area contributed by atoms with Crippen molar-refractivity contribution in [3.05, 3.63) is 65.9 Å². The van der Waals surface area contributed by atoms with Crippen LogP contribution in [0.25, 0.3) is 10.9 Å². The molecular weight excluding hydrogens is 316 g/mol. The number of benzene rings is 2. The molecule has 0 aliphatic carbocycles. The summed E-state index contributed by atoms with van der Waals surface area (Å²) in [4.78, 5) is 16.6. The van der Waals surface area contributed by atoms with E-state index in [1.165, 1.54) is 0 Å². The van der Waals surface area contributed by atoms with Crippen LogP contribution in [0, 0.1) is 0 Å². The van der Waals surface area contributed by atoms with E-state index in [2.05, 4.69) is 10.3 Å². The van der Waals surface area contributed by atoms with Crippen molar-refractivity contribution < 1.29 is 14.3 Å². The van der Waals surface area contributed by atoms with E-state index in [9.17, 15) is 4.79 Å². The summed E-state index contributed by atoms with van der Waals surface area (Å²) >= 11 is 0. The highest BCUT2D eigenvalue weighted by Crippen LogP contribution is 2.27. The number of carbonyl (C=O) groups excluding carboxylic acids is 1. The number of amides is 1. The number of nitrogens with zero attached hydrogens (tertiary/aromatic N) is 1. The van der Waals surface area contributed by atoms with Crippen LogP contribution in [-0.2, 0) is 6.42 Å². The van der Waals surface area contributed by atoms with Crippen molar-refractivity contribution in [2.24, 2.45) is 0 Å². The number of fused-ring (bicyclic) bond motifs is 1. The number of pyridine rings is 1. The molecule has 2 aromatic carbocycles. The van der Waals surface area contributed by atoms with Gasteiger partial charge in [0.15, 0.2) is 11.5 Å². The van der Waals surface area contributed by atoms with Crippen molar-refractivity contribution in [1.29, 1.82) is 0 Å². The molecule has 0 radical (unpaired) electrons. The smallest absolute Gasteiger partial charge is 0.252 e. The molecule has 0 saturated heterocycles. The molecule has 0 fully saturated rings. The van der Waals surface area contributed by atoms with Crippen LogP contribution in [0.5, 0.6) is 11.5 Å². The summed E-state index contributed by atoms with van der Waals surface area (Å²) in [6, 6.07) is 15.3. The molecule has 1 amide bonds. The minimum absolute atomic E-state index is 0.126. The van der Waals surface area contributed by atoms with E-state index < -0.39 is 0 Å². The first kappa shape index (κ1) is 16.8. The molecule has 5 nitrogen and oxygen atoms in total. The van der Waals surface area contributed by atoms with Crippen molar-refractivity contribution in [1.82, 2.24) is 10.3 Å². The number of hydrogen-bond donors (Lipinski definition) is 1. The lowest BCUT2D eigenvalue weighted by Gasteiger charge is -2.10. The molecule has 0 spiro atoms. The molecule has 0 unspecified atom stereocenters. The van der Waals surface area contributed by atoms with E-state index in [0.717, 1.165) is 16.5 Å². The fraction of sp³-hybridized carbons (Fsp3) is 0.200. The molecule has 0 aliphatic heterocycles. The third-order valence-electron chi connectivity index (χ3n) is 4.00. The molecule has 0 atom stereocenters. The molecular formula is C20H20N2O3. The molecule has 1 N–H and O–H groups in total. The van der Waals surface area contributed by atoms with Crippen LogP contribution in [-0.4, -0.2) is 31.7 Å². The van der Waals surface area contributed by atoms with Crippen LogP contribution in [0.4, 0.5) is 0 Å². The lowest BCUT2D eigenvalue weighted by atomic mass is 10.1. The number of methoxy groups -OCH3 is 2. The topological polar surface area (TPSA) is 60.5 Å². The van der Waals surface area contributed by atoms with Gasteiger partial charge in [0, 0.05) is 18.1 Å². The quantitative estimate of drug-likeness (QED) is 0.751. The minimum Gasteiger partial charge on any atom is -0.493 e. The molecule has 0 bridgehead atoms. The van der Waals surface area contributed by atoms with Gasteiger partial charge >= 0.3 is 0 Å². The van der Waals surface area contributed by atoms with Gasteiger partial charge in [0.2, 0.25) is 0 Å². The molecule has 5 heteroatoms. The normalized spacial score (nSPS) is 10.5. The van der Waals surface area contributed by atoms with Gasteiger partial charge in [0.1, 0.15) is 0 Å². The maximum Gasteiger partial charge on any atom is 0.252 e. The summed E-state index contributed by atoms with van der Waals surface area (Å²) in [5.74, 6) is 1.25. The molecule has 1 aromatic heterocycles. The van der Waals surface area contributed by atoms with Crippen molar-refractivity contribution in [2.75, 3.05) is 20.8 Å². The first-order chi connectivity index (χ1) is 12.2. The van der Waals surface area contributed by atoms with E-state index >= 15 is 0 Å². The van der Waals surface area contributed by atoms with Crippen LogP contribution in [0.3, 0.4) is 0 Å². The maximum absolute atomic E-state index is 12.3. The highest BCUT2D eigenvalue weighted by Gasteiger charge is 2.08. The zero-order valence-corrected chi connectivity index (χ0v) is 14.3. The third-order valence-corrected chi connectivity index (χ3v) is 4.00. The summed E-state index contributed by atoms with van der Waals surface area (Å²) in [6.45, 7) is 0.529. The summed E-state index contributed by atoms with van der Waals surface area (Å²) < 4.78 is 10.5. The predicted molar refractivity (Wildman–Crippen MR) is 97.3 cm³/mol. The van der Waals surface area contributed by atoms with Gasteiger partial charge in [-0.05, 0) is 36.2 Å². The predicted octanol–water partition coefficient (Wildman–Crippen LogP) is 3.22. The highest BCUT2D eigenvalue weighted by atomic mass is 16.5. The van der Waals surface area contributed by atoms with Gasteiger partial charge in [-0.15, -0.1) is 0 Å². The number of aromatic nitrogens is 1. The lowest BCUT2D eigenvalue weighted by Crippen LogP contribution is -2.25. The van der Waals surface area contributed by atoms with Crippen molar-refractivity contribution in [3.63, 3.8) is 0 Å². The highest BCUT2D eigenvalue weighted by molar-refractivity contribution is 5.97. The van der Waals surface area contributed by atoms with Crippen molar-refractivity contribution >= 4 is 16.8 Å². The molecule has 1 heterocycles. The van der Waals surface area contributed by atoms with Gasteiger partial charge in [-0.3, -0.25) is 9.78 Å². The van der Waals surface area contributed by atoms with E-state index in [0.29, 0.717) is 30.0 Å². The third kappa shape index (κ3) is 3.88. The maximum atomic E-state index is 12.3. The SMILES string of the molecule is COc1ccc(CCNC(=O)c2cnc3ccccc3c2)cc1OC. The molecule has 3 aromatic rings. The summed E-state index contributed by atoms with van der Waals surface area (Å²) in [5, 5.41) is 3.88. The fourth-order valence-electron chi connectivity index (χ4n) is 2.65. The number of nitrogens with one attached hydrogen (secondary N) is 1. The van der Waals surface area contributed by atoms with Crippen LogP contribution in [0.1, 0.15) is 15.9 Å². The number of para-hydroxylation sites is 1. The molecule has 25 heavy (non-hydrogen) atoms. The number of rotatable bonds is 6. The summed E-state index contributed by atoms with van der Waals surface area (Å²) in [6.07, 6.45) is 2.31. The van der Waals surface area contributed by atoms with Gasteiger partial charge in [-0.1, -0.05) is 24.3 Å². The first-order valence-electron chi connectivity index (χ1n) is 8.05. The zero-order chi connectivity index (χ0) is 17.6. The molecule has 3 rings (SSSR count). The average molecular weight is 336 g/mol. The minimum atomic E-state index is -0.126. The average Bonchev–Trinajstić information content (AvgIpc) is 2.67. The Labute approximate surface area is 146 Å². The van der Waals surface area contributed by atoms with Crippen molar-refractivity contribution in [3.8, 4) is 11.5 Å². The summed E-state index contributed by atoms with van der Waals surface area (Å²) in [7, 11) is 3.21. The van der Waals surface area contributed by atoms with Gasteiger partial charge in [-0.25, -0.2) is 0 Å². The monoisotopic (exact) mass is 336 g/mol. The second-order valence-corrected chi connectivity index (χ2v) is 5.61. The van der Waals surface area contributed by atoms with Crippen LogP contribution < -0.4 is 14.8 Å². The summed E-state index contributed by atoms with van der Waals surface area (Å²) in [5.41, 5.74) is 2.50. The standard InChI is InChI=1S/C20H20N2O3/c1-24-18-8-7-14(11-19(18)25-2)9-10-21-20(23)16-12-15-5-3-4-6-17(15)22-13-16/h3-8,11-13H,9-10H2,1-2H3,(H,21,23). The Morgan fingerprint density at radius 2 is 1.84 bits per heavy atom. The van der Waals surface area contributed by atoms with Gasteiger partial charge in [0.25, 0.3) is 5.91 Å². The number of hydrogen-bond acceptors (Lipinski definition) is 4. The Bertz CT molecular complexity index is 893. The van der Waals surface area contributed by atoms with Gasteiger partial charge in [0.05, 0.1) is 25.3 Å². The van der Waals surface area contributed by atoms with Gasteiger partial charge in [-0.2, -0.15) is 0 Å². The number of carbonyl (C=O) groups is 1. The Morgan fingerprint density at radius 3 is 2.64 bits per heavy atom. The fourth-order valence-corrected chi connectivity index (χ4v) is 2.65. The Hall–Kier alpha value is -3.08.